The molecule has 6 nitrogen and oxygen atoms in total. The Morgan fingerprint density at radius 3 is 2.50 bits per heavy atom. The molecule has 0 aromatic heterocycles. The number of carbonyl (C=O) groups is 2. The standard InChI is InChI=1S/C23H19F2N3O3S/c24-22(25)32-18-10-8-15(9-11-18)26-20-7-2-1-6-19(20)21(29)27-16-4-3-5-17(14-16)28-12-13-31-23(28)30/h1-11,14,22,26H,12-13H2,(H,27,29). The van der Waals surface area contributed by atoms with Crippen molar-refractivity contribution in [2.24, 2.45) is 0 Å². The Kier molecular flexibility index (Phi) is 6.55. The maximum atomic E-state index is 13.0. The summed E-state index contributed by atoms with van der Waals surface area (Å²) in [5.41, 5.74) is 2.82. The van der Waals surface area contributed by atoms with Gasteiger partial charge in [0.1, 0.15) is 6.61 Å². The van der Waals surface area contributed by atoms with Crippen molar-refractivity contribution in [1.82, 2.24) is 0 Å². The molecule has 0 saturated carbocycles. The third kappa shape index (κ3) is 5.17. The number of anilines is 4. The molecule has 1 aliphatic rings. The number of cyclic esters (lactones) is 1. The third-order valence-corrected chi connectivity index (χ3v) is 5.43. The zero-order valence-corrected chi connectivity index (χ0v) is 17.6. The highest BCUT2D eigenvalue weighted by atomic mass is 32.2. The predicted octanol–water partition coefficient (Wildman–Crippen LogP) is 5.95. The molecule has 0 bridgehead atoms. The Morgan fingerprint density at radius 1 is 1.00 bits per heavy atom. The van der Waals surface area contributed by atoms with E-state index in [9.17, 15) is 18.4 Å². The lowest BCUT2D eigenvalue weighted by atomic mass is 10.1. The van der Waals surface area contributed by atoms with Crippen molar-refractivity contribution in [1.29, 1.82) is 0 Å². The quantitative estimate of drug-likeness (QED) is 0.431. The van der Waals surface area contributed by atoms with Gasteiger partial charge in [-0.05, 0) is 54.6 Å². The van der Waals surface area contributed by atoms with E-state index in [0.717, 1.165) is 0 Å². The molecule has 0 unspecified atom stereocenters. The molecular weight excluding hydrogens is 436 g/mol. The number of hydrogen-bond donors (Lipinski definition) is 2. The largest absolute Gasteiger partial charge is 0.447 e. The highest BCUT2D eigenvalue weighted by Gasteiger charge is 2.23. The van der Waals surface area contributed by atoms with Crippen LogP contribution in [0.15, 0.2) is 77.7 Å². The van der Waals surface area contributed by atoms with Crippen LogP contribution in [-0.4, -0.2) is 30.9 Å². The molecule has 1 aliphatic heterocycles. The first-order chi connectivity index (χ1) is 15.5. The Labute approximate surface area is 187 Å². The van der Waals surface area contributed by atoms with Gasteiger partial charge < -0.3 is 15.4 Å². The maximum Gasteiger partial charge on any atom is 0.414 e. The fourth-order valence-electron chi connectivity index (χ4n) is 3.24. The summed E-state index contributed by atoms with van der Waals surface area (Å²) in [6.45, 7) is 0.786. The summed E-state index contributed by atoms with van der Waals surface area (Å²) < 4.78 is 30.0. The summed E-state index contributed by atoms with van der Waals surface area (Å²) >= 11 is 0.475. The van der Waals surface area contributed by atoms with E-state index < -0.39 is 11.9 Å². The summed E-state index contributed by atoms with van der Waals surface area (Å²) in [6.07, 6.45) is -0.416. The van der Waals surface area contributed by atoms with Crippen LogP contribution in [0.1, 0.15) is 10.4 Å². The van der Waals surface area contributed by atoms with Crippen molar-refractivity contribution in [2.75, 3.05) is 28.7 Å². The third-order valence-electron chi connectivity index (χ3n) is 4.71. The minimum absolute atomic E-state index is 0.330. The van der Waals surface area contributed by atoms with Crippen LogP contribution in [0, 0.1) is 0 Å². The number of halogens is 2. The minimum atomic E-state index is -2.48. The van der Waals surface area contributed by atoms with Gasteiger partial charge in [0, 0.05) is 22.0 Å². The van der Waals surface area contributed by atoms with Gasteiger partial charge in [-0.25, -0.2) is 4.79 Å². The molecule has 4 rings (SSSR count). The van der Waals surface area contributed by atoms with Crippen LogP contribution in [0.2, 0.25) is 0 Å². The molecule has 0 spiro atoms. The normalized spacial score (nSPS) is 13.2. The van der Waals surface area contributed by atoms with Gasteiger partial charge in [-0.2, -0.15) is 8.78 Å². The first kappa shape index (κ1) is 21.6. The zero-order chi connectivity index (χ0) is 22.5. The van der Waals surface area contributed by atoms with Crippen LogP contribution in [0.5, 0.6) is 0 Å². The fraction of sp³-hybridized carbons (Fsp3) is 0.130. The monoisotopic (exact) mass is 455 g/mol. The number of para-hydroxylation sites is 1. The lowest BCUT2D eigenvalue weighted by Gasteiger charge is -2.15. The van der Waals surface area contributed by atoms with Crippen LogP contribution < -0.4 is 15.5 Å². The van der Waals surface area contributed by atoms with E-state index in [1.807, 2.05) is 0 Å². The molecule has 3 aromatic rings. The Morgan fingerprint density at radius 2 is 1.78 bits per heavy atom. The van der Waals surface area contributed by atoms with Gasteiger partial charge in [0.15, 0.2) is 0 Å². The van der Waals surface area contributed by atoms with Crippen molar-refractivity contribution < 1.29 is 23.1 Å². The van der Waals surface area contributed by atoms with Gasteiger partial charge in [0.05, 0.1) is 17.8 Å². The van der Waals surface area contributed by atoms with E-state index in [2.05, 4.69) is 10.6 Å². The first-order valence-electron chi connectivity index (χ1n) is 9.76. The molecule has 164 valence electrons. The predicted molar refractivity (Wildman–Crippen MR) is 121 cm³/mol. The number of hydrogen-bond acceptors (Lipinski definition) is 5. The zero-order valence-electron chi connectivity index (χ0n) is 16.8. The SMILES string of the molecule is O=C(Nc1cccc(N2CCOC2=O)c1)c1ccccc1Nc1ccc(SC(F)F)cc1. The molecule has 0 radical (unpaired) electrons. The summed E-state index contributed by atoms with van der Waals surface area (Å²) in [6, 6.07) is 20.5. The second kappa shape index (κ2) is 9.69. The molecule has 1 saturated heterocycles. The van der Waals surface area contributed by atoms with Crippen LogP contribution in [0.4, 0.5) is 36.3 Å². The summed E-state index contributed by atoms with van der Waals surface area (Å²) in [5.74, 6) is -2.81. The van der Waals surface area contributed by atoms with Crippen LogP contribution in [0.3, 0.4) is 0 Å². The molecule has 1 heterocycles. The van der Waals surface area contributed by atoms with Crippen molar-refractivity contribution in [3.63, 3.8) is 0 Å². The molecule has 9 heteroatoms. The van der Waals surface area contributed by atoms with Gasteiger partial charge in [-0.3, -0.25) is 9.69 Å². The van der Waals surface area contributed by atoms with Crippen LogP contribution in [-0.2, 0) is 4.74 Å². The number of ether oxygens (including phenoxy) is 1. The number of rotatable bonds is 7. The van der Waals surface area contributed by atoms with Crippen molar-refractivity contribution >= 4 is 46.5 Å². The number of carbonyl (C=O) groups excluding carboxylic acids is 2. The second-order valence-electron chi connectivity index (χ2n) is 6.84. The molecule has 0 aliphatic carbocycles. The summed E-state index contributed by atoms with van der Waals surface area (Å²) in [5, 5.41) is 6.00. The van der Waals surface area contributed by atoms with Crippen molar-refractivity contribution in [3.05, 3.63) is 78.4 Å². The Balaban J connectivity index is 1.49. The van der Waals surface area contributed by atoms with Gasteiger partial charge in [-0.15, -0.1) is 0 Å². The van der Waals surface area contributed by atoms with E-state index in [0.29, 0.717) is 58.1 Å². The number of thioether (sulfide) groups is 1. The van der Waals surface area contributed by atoms with Crippen LogP contribution in [0.25, 0.3) is 0 Å². The van der Waals surface area contributed by atoms with Crippen LogP contribution >= 0.6 is 11.8 Å². The average Bonchev–Trinajstić information content (AvgIpc) is 3.21. The van der Waals surface area contributed by atoms with E-state index >= 15 is 0 Å². The van der Waals surface area contributed by atoms with Crippen molar-refractivity contribution in [3.8, 4) is 0 Å². The van der Waals surface area contributed by atoms with Gasteiger partial charge in [0.25, 0.3) is 11.7 Å². The number of benzene rings is 3. The second-order valence-corrected chi connectivity index (χ2v) is 7.91. The minimum Gasteiger partial charge on any atom is -0.447 e. The maximum absolute atomic E-state index is 13.0. The fourth-order valence-corrected chi connectivity index (χ4v) is 3.74. The Bertz CT molecular complexity index is 1130. The van der Waals surface area contributed by atoms with E-state index in [4.69, 9.17) is 4.74 Å². The average molecular weight is 455 g/mol. The smallest absolute Gasteiger partial charge is 0.414 e. The number of amides is 2. The molecule has 3 aromatic carbocycles. The van der Waals surface area contributed by atoms with Gasteiger partial charge in [-0.1, -0.05) is 30.0 Å². The molecule has 2 N–H and O–H groups in total. The lowest BCUT2D eigenvalue weighted by Crippen LogP contribution is -2.23. The molecule has 0 atom stereocenters. The topological polar surface area (TPSA) is 70.7 Å². The number of nitrogens with one attached hydrogen (secondary N) is 2. The highest BCUT2D eigenvalue weighted by Crippen LogP contribution is 2.28. The Hall–Kier alpha value is -3.59. The molecular formula is C23H19F2N3O3S. The summed E-state index contributed by atoms with van der Waals surface area (Å²) in [4.78, 5) is 26.7. The van der Waals surface area contributed by atoms with E-state index in [1.165, 1.54) is 4.90 Å². The highest BCUT2D eigenvalue weighted by molar-refractivity contribution is 7.99. The van der Waals surface area contributed by atoms with Gasteiger partial charge in [0.2, 0.25) is 0 Å². The molecule has 32 heavy (non-hydrogen) atoms. The molecule has 1 fully saturated rings. The van der Waals surface area contributed by atoms with Crippen molar-refractivity contribution in [2.45, 2.75) is 10.7 Å². The summed E-state index contributed by atoms with van der Waals surface area (Å²) in [7, 11) is 0. The lowest BCUT2D eigenvalue weighted by molar-refractivity contribution is 0.102. The first-order valence-corrected chi connectivity index (χ1v) is 10.6. The van der Waals surface area contributed by atoms with Gasteiger partial charge >= 0.3 is 6.09 Å². The number of alkyl halides is 2. The van der Waals surface area contributed by atoms with E-state index in [-0.39, 0.29) is 5.91 Å². The number of nitrogens with zero attached hydrogens (tertiary/aromatic N) is 1. The molecule has 2 amide bonds. The van der Waals surface area contributed by atoms with E-state index in [1.54, 1.807) is 72.8 Å².